The molecule has 0 radical (unpaired) electrons. The molecule has 1 aromatic heterocycles. The van der Waals surface area contributed by atoms with Gasteiger partial charge in [-0.3, -0.25) is 0 Å². The monoisotopic (exact) mass is 320 g/mol. The number of aromatic nitrogens is 1. The summed E-state index contributed by atoms with van der Waals surface area (Å²) < 4.78 is 44.8. The largest absolute Gasteiger partial charge is 0.737 e. The zero-order valence-electron chi connectivity index (χ0n) is 11.2. The van der Waals surface area contributed by atoms with E-state index in [1.165, 1.54) is 24.5 Å². The Labute approximate surface area is 129 Å². The molecule has 7 heteroatoms. The van der Waals surface area contributed by atoms with Gasteiger partial charge in [-0.15, -0.1) is 0 Å². The summed E-state index contributed by atoms with van der Waals surface area (Å²) in [5.74, 6) is -0.578. The van der Waals surface area contributed by atoms with Gasteiger partial charge in [0.1, 0.15) is 12.0 Å². The van der Waals surface area contributed by atoms with Crippen molar-refractivity contribution in [3.8, 4) is 0 Å². The van der Waals surface area contributed by atoms with Gasteiger partial charge in [0.15, 0.2) is 5.70 Å². The minimum absolute atomic E-state index is 0.0734. The maximum absolute atomic E-state index is 14.6. The average Bonchev–Trinajstić information content (AvgIpc) is 3.13. The van der Waals surface area contributed by atoms with Crippen LogP contribution in [0.4, 0.5) is 13.0 Å². The Hall–Kier alpha value is -2.21. The zero-order chi connectivity index (χ0) is 15.5. The fraction of sp³-hybridized carbons (Fsp3) is 0. The lowest BCUT2D eigenvalue weighted by molar-refractivity contribution is -0.356. The summed E-state index contributed by atoms with van der Waals surface area (Å²) in [7, 11) is 0. The fourth-order valence-electron chi connectivity index (χ4n) is 2.99. The van der Waals surface area contributed by atoms with Crippen molar-refractivity contribution in [2.75, 3.05) is 0 Å². The van der Waals surface area contributed by atoms with E-state index in [9.17, 15) is 13.0 Å². The Balaban J connectivity index is 2.09. The van der Waals surface area contributed by atoms with Crippen LogP contribution in [0.15, 0.2) is 54.4 Å². The van der Waals surface area contributed by atoms with E-state index in [0.29, 0.717) is 22.5 Å². The molecule has 0 saturated heterocycles. The second-order valence-electron chi connectivity index (χ2n) is 5.17. The minimum atomic E-state index is -3.96. The summed E-state index contributed by atoms with van der Waals surface area (Å²) in [6.07, 6.45) is 5.78. The fourth-order valence-corrected chi connectivity index (χ4v) is 3.21. The second kappa shape index (κ2) is 4.40. The first-order valence-electron chi connectivity index (χ1n) is 6.70. The molecule has 0 atom stereocenters. The van der Waals surface area contributed by atoms with Gasteiger partial charge in [0.25, 0.3) is 0 Å². The number of hydrogen-bond acceptors (Lipinski definition) is 0. The third-order valence-electron chi connectivity index (χ3n) is 3.96. The summed E-state index contributed by atoms with van der Waals surface area (Å²) in [5, 5.41) is -0.0734. The van der Waals surface area contributed by atoms with E-state index < -0.39 is 12.8 Å². The van der Waals surface area contributed by atoms with Gasteiger partial charge in [-0.05, 0) is 24.4 Å². The molecule has 0 fully saturated rings. The lowest BCUT2D eigenvalue weighted by Crippen LogP contribution is -2.49. The van der Waals surface area contributed by atoms with Gasteiger partial charge in [0.05, 0.1) is 10.6 Å². The smallest absolute Gasteiger partial charge is 0.396 e. The van der Waals surface area contributed by atoms with E-state index >= 15 is 0 Å². The van der Waals surface area contributed by atoms with Crippen molar-refractivity contribution in [1.29, 1.82) is 0 Å². The molecular weight excluding hydrogens is 311 g/mol. The number of nitrogens with zero attached hydrogens (tertiary/aromatic N) is 2. The van der Waals surface area contributed by atoms with Gasteiger partial charge in [0.2, 0.25) is 0 Å². The number of rotatable bonds is 1. The molecule has 0 aliphatic carbocycles. The molecule has 4 rings (SSSR count). The molecule has 0 saturated carbocycles. The first-order valence-corrected chi connectivity index (χ1v) is 7.08. The van der Waals surface area contributed by atoms with Crippen molar-refractivity contribution < 1.29 is 17.5 Å². The molecule has 0 N–H and O–H groups in total. The summed E-state index contributed by atoms with van der Waals surface area (Å²) >= 11 is 6.07. The topological polar surface area (TPSA) is 7.94 Å². The highest BCUT2D eigenvalue weighted by atomic mass is 35.5. The number of halogens is 4. The molecule has 0 amide bonds. The summed E-state index contributed by atoms with van der Waals surface area (Å²) in [5.41, 5.74) is 1.53. The van der Waals surface area contributed by atoms with Crippen LogP contribution in [0.1, 0.15) is 11.3 Å². The standard InChI is InChI=1S/C15H9BClF3N2/c17-15-10(4-1-5-11(15)18)14-12-6-2-8-21(12)16(19,20)22-9-3-7-13(14)22/h1-9H. The van der Waals surface area contributed by atoms with Crippen LogP contribution in [-0.2, 0) is 0 Å². The second-order valence-corrected chi connectivity index (χ2v) is 5.54. The Morgan fingerprint density at radius 1 is 1.14 bits per heavy atom. The molecule has 2 nitrogen and oxygen atoms in total. The van der Waals surface area contributed by atoms with Gasteiger partial charge in [-0.2, -0.15) is 0 Å². The van der Waals surface area contributed by atoms with Gasteiger partial charge in [-0.25, -0.2) is 4.39 Å². The highest BCUT2D eigenvalue weighted by Crippen LogP contribution is 2.40. The normalized spacial score (nSPS) is 18.3. The van der Waals surface area contributed by atoms with Crippen LogP contribution in [-0.4, -0.2) is 22.1 Å². The van der Waals surface area contributed by atoms with Gasteiger partial charge < -0.3 is 17.6 Å². The molecule has 0 unspecified atom stereocenters. The zero-order valence-corrected chi connectivity index (χ0v) is 11.9. The van der Waals surface area contributed by atoms with Crippen molar-refractivity contribution >= 4 is 30.4 Å². The Kier molecular flexibility index (Phi) is 2.69. The number of benzene rings is 1. The Morgan fingerprint density at radius 3 is 2.77 bits per heavy atom. The van der Waals surface area contributed by atoms with E-state index in [1.807, 2.05) is 0 Å². The number of allylic oxidation sites excluding steroid dienone is 2. The highest BCUT2D eigenvalue weighted by Gasteiger charge is 2.51. The third kappa shape index (κ3) is 1.61. The van der Waals surface area contributed by atoms with Crippen molar-refractivity contribution in [2.45, 2.75) is 0 Å². The highest BCUT2D eigenvalue weighted by molar-refractivity contribution is 6.57. The molecule has 2 aromatic rings. The van der Waals surface area contributed by atoms with Crippen molar-refractivity contribution in [3.63, 3.8) is 0 Å². The van der Waals surface area contributed by atoms with Gasteiger partial charge in [-0.1, -0.05) is 23.7 Å². The average molecular weight is 321 g/mol. The molecule has 0 spiro atoms. The summed E-state index contributed by atoms with van der Waals surface area (Å²) in [4.78, 5) is 0. The SMILES string of the molecule is Fc1cccc(C2=C3C=CC=[N+]3[B-](F)(F)n3cccc32)c1Cl. The lowest BCUT2D eigenvalue weighted by atomic mass is 9.86. The minimum Gasteiger partial charge on any atom is -0.396 e. The molecule has 110 valence electrons. The third-order valence-corrected chi connectivity index (χ3v) is 4.34. The predicted molar refractivity (Wildman–Crippen MR) is 80.7 cm³/mol. The molecule has 0 bridgehead atoms. The summed E-state index contributed by atoms with van der Waals surface area (Å²) in [6.45, 7) is -3.96. The maximum Gasteiger partial charge on any atom is 0.737 e. The van der Waals surface area contributed by atoms with Crippen LogP contribution in [0.25, 0.3) is 5.57 Å². The quantitative estimate of drug-likeness (QED) is 0.704. The van der Waals surface area contributed by atoms with Gasteiger partial charge in [0, 0.05) is 23.4 Å². The van der Waals surface area contributed by atoms with E-state index in [2.05, 4.69) is 0 Å². The van der Waals surface area contributed by atoms with Crippen LogP contribution >= 0.6 is 11.6 Å². The van der Waals surface area contributed by atoms with Gasteiger partial charge >= 0.3 is 6.97 Å². The Bertz CT molecular complexity index is 896. The molecule has 22 heavy (non-hydrogen) atoms. The van der Waals surface area contributed by atoms with Crippen molar-refractivity contribution in [2.24, 2.45) is 0 Å². The van der Waals surface area contributed by atoms with Crippen LogP contribution in [0.5, 0.6) is 0 Å². The molecular formula is C15H9BClF3N2. The van der Waals surface area contributed by atoms with Crippen molar-refractivity contribution in [1.82, 2.24) is 4.48 Å². The first-order chi connectivity index (χ1) is 10.5. The van der Waals surface area contributed by atoms with Crippen LogP contribution < -0.4 is 0 Å². The van der Waals surface area contributed by atoms with Crippen LogP contribution in [0, 0.1) is 5.82 Å². The van der Waals surface area contributed by atoms with E-state index in [1.54, 1.807) is 30.4 Å². The van der Waals surface area contributed by atoms with Crippen LogP contribution in [0.2, 0.25) is 5.02 Å². The summed E-state index contributed by atoms with van der Waals surface area (Å²) in [6, 6.07) is 7.52. The lowest BCUT2D eigenvalue weighted by Gasteiger charge is -2.31. The van der Waals surface area contributed by atoms with E-state index in [0.717, 1.165) is 8.96 Å². The number of hydrogen-bond donors (Lipinski definition) is 0. The Morgan fingerprint density at radius 2 is 1.95 bits per heavy atom. The first kappa shape index (κ1) is 13.5. The molecule has 2 aliphatic heterocycles. The molecule has 1 aromatic carbocycles. The van der Waals surface area contributed by atoms with E-state index in [4.69, 9.17) is 11.6 Å². The maximum atomic E-state index is 14.6. The molecule has 3 heterocycles. The van der Waals surface area contributed by atoms with Crippen molar-refractivity contribution in [3.05, 3.63) is 76.5 Å². The number of fused-ring (bicyclic) bond motifs is 2. The van der Waals surface area contributed by atoms with Crippen LogP contribution in [0.3, 0.4) is 0 Å². The predicted octanol–water partition coefficient (Wildman–Crippen LogP) is 3.93. The van der Waals surface area contributed by atoms with E-state index in [-0.39, 0.29) is 5.02 Å². The molecule has 2 aliphatic rings.